The number of para-hydroxylation sites is 2. The molecule has 2 aromatic carbocycles. The summed E-state index contributed by atoms with van der Waals surface area (Å²) in [7, 11) is -2.70. The number of benzene rings is 2. The van der Waals surface area contributed by atoms with Crippen molar-refractivity contribution in [3.8, 4) is 23.1 Å². The van der Waals surface area contributed by atoms with Gasteiger partial charge in [0, 0.05) is 26.2 Å². The van der Waals surface area contributed by atoms with Crippen molar-refractivity contribution in [3.05, 3.63) is 54.1 Å². The maximum absolute atomic E-state index is 13.7. The van der Waals surface area contributed by atoms with Crippen molar-refractivity contribution in [3.63, 3.8) is 0 Å². The summed E-state index contributed by atoms with van der Waals surface area (Å²) in [4.78, 5) is 35.2. The molecule has 0 unspecified atom stereocenters. The van der Waals surface area contributed by atoms with E-state index in [-0.39, 0.29) is 52.5 Å². The van der Waals surface area contributed by atoms with Gasteiger partial charge < -0.3 is 29.7 Å². The zero-order valence-electron chi connectivity index (χ0n) is 24.6. The number of nitrogens with one attached hydrogen (secondary N) is 1. The van der Waals surface area contributed by atoms with Crippen LogP contribution in [0.15, 0.2) is 53.4 Å². The van der Waals surface area contributed by atoms with E-state index in [1.807, 2.05) is 20.8 Å². The van der Waals surface area contributed by atoms with Crippen molar-refractivity contribution in [1.29, 1.82) is 0 Å². The average molecular weight is 613 g/mol. The van der Waals surface area contributed by atoms with Crippen LogP contribution in [0.25, 0.3) is 0 Å². The molecule has 0 bridgehead atoms. The first-order valence-electron chi connectivity index (χ1n) is 13.6. The van der Waals surface area contributed by atoms with E-state index in [0.717, 1.165) is 12.0 Å². The van der Waals surface area contributed by atoms with Gasteiger partial charge in [0.2, 0.25) is 24.0 Å². The normalized spacial score (nSPS) is 13.8. The highest BCUT2D eigenvalue weighted by Gasteiger charge is 2.28. The molecule has 1 aliphatic rings. The summed E-state index contributed by atoms with van der Waals surface area (Å²) in [6.45, 7) is 7.59. The van der Waals surface area contributed by atoms with Gasteiger partial charge in [0.1, 0.15) is 0 Å². The quantitative estimate of drug-likeness (QED) is 0.290. The summed E-state index contributed by atoms with van der Waals surface area (Å²) in [6, 6.07) is 13.3. The van der Waals surface area contributed by atoms with E-state index in [1.54, 1.807) is 46.2 Å². The van der Waals surface area contributed by atoms with Gasteiger partial charge in [0.25, 0.3) is 15.9 Å². The second-order valence-corrected chi connectivity index (χ2v) is 12.5. The van der Waals surface area contributed by atoms with Gasteiger partial charge in [0.15, 0.2) is 17.3 Å². The van der Waals surface area contributed by atoms with Crippen LogP contribution in [0.5, 0.6) is 23.1 Å². The number of hydrogen-bond acceptors (Lipinski definition) is 10. The van der Waals surface area contributed by atoms with E-state index in [0.29, 0.717) is 31.9 Å². The molecule has 0 radical (unpaired) electrons. The molecule has 1 aromatic heterocycles. The van der Waals surface area contributed by atoms with Gasteiger partial charge in [-0.25, -0.2) is 8.42 Å². The molecule has 2 amide bonds. The number of carbonyl (C=O) groups is 2. The number of nitrogens with zero attached hydrogens (tertiary/aromatic N) is 4. The molecule has 0 saturated carbocycles. The minimum atomic E-state index is -4.17. The van der Waals surface area contributed by atoms with E-state index < -0.39 is 15.9 Å². The largest absolute Gasteiger partial charge is 0.493 e. The molecule has 1 fully saturated rings. The molecule has 0 aliphatic carbocycles. The fourth-order valence-electron chi connectivity index (χ4n) is 4.23. The summed E-state index contributed by atoms with van der Waals surface area (Å²) in [5.41, 5.74) is 6.11. The smallest absolute Gasteiger partial charge is 0.265 e. The maximum atomic E-state index is 13.7. The third kappa shape index (κ3) is 7.83. The highest BCUT2D eigenvalue weighted by atomic mass is 32.2. The van der Waals surface area contributed by atoms with Crippen LogP contribution in [-0.4, -0.2) is 75.5 Å². The Kier molecular flexibility index (Phi) is 9.59. The predicted octanol–water partition coefficient (Wildman–Crippen LogP) is 2.91. The highest BCUT2D eigenvalue weighted by Crippen LogP contribution is 2.41. The first-order chi connectivity index (χ1) is 20.4. The molecule has 1 saturated heterocycles. The Morgan fingerprint density at radius 1 is 1.02 bits per heavy atom. The lowest BCUT2D eigenvalue weighted by atomic mass is 9.87. The number of ether oxygens (including phenoxy) is 3. The second kappa shape index (κ2) is 13.2. The van der Waals surface area contributed by atoms with Crippen LogP contribution in [-0.2, 0) is 25.0 Å². The number of methoxy groups -OCH3 is 1. The van der Waals surface area contributed by atoms with Gasteiger partial charge in [-0.05, 0) is 35.2 Å². The molecule has 0 spiro atoms. The fourth-order valence-corrected chi connectivity index (χ4v) is 5.23. The van der Waals surface area contributed by atoms with Gasteiger partial charge in [-0.3, -0.25) is 14.3 Å². The van der Waals surface area contributed by atoms with E-state index in [2.05, 4.69) is 14.7 Å². The Hall–Kier alpha value is -4.59. The molecule has 4 rings (SSSR count). The topological polar surface area (TPSA) is 166 Å². The number of sulfonamides is 1. The maximum Gasteiger partial charge on any atom is 0.265 e. The number of rotatable bonds is 12. The zero-order chi connectivity index (χ0) is 31.2. The molecule has 230 valence electrons. The monoisotopic (exact) mass is 612 g/mol. The zero-order valence-corrected chi connectivity index (χ0v) is 25.4. The number of carbonyl (C=O) groups excluding carboxylic acids is 2. The van der Waals surface area contributed by atoms with Crippen molar-refractivity contribution in [2.75, 3.05) is 49.5 Å². The summed E-state index contributed by atoms with van der Waals surface area (Å²) >= 11 is 0. The Bertz CT molecular complexity index is 1550. The molecule has 0 atom stereocenters. The van der Waals surface area contributed by atoms with Crippen molar-refractivity contribution in [1.82, 2.24) is 14.9 Å². The molecule has 3 aromatic rings. The Morgan fingerprint density at radius 3 is 2.26 bits per heavy atom. The van der Waals surface area contributed by atoms with Gasteiger partial charge in [-0.2, -0.15) is 9.97 Å². The predicted molar refractivity (Wildman–Crippen MR) is 160 cm³/mol. The number of hydrogen-bond donors (Lipinski definition) is 2. The first-order valence-corrected chi connectivity index (χ1v) is 15.1. The van der Waals surface area contributed by atoms with Crippen LogP contribution < -0.4 is 29.6 Å². The Morgan fingerprint density at radius 2 is 1.67 bits per heavy atom. The van der Waals surface area contributed by atoms with Crippen molar-refractivity contribution < 1.29 is 32.2 Å². The van der Waals surface area contributed by atoms with Crippen molar-refractivity contribution in [2.45, 2.75) is 37.5 Å². The van der Waals surface area contributed by atoms with Gasteiger partial charge in [-0.15, -0.1) is 0 Å². The lowest BCUT2D eigenvalue weighted by Gasteiger charge is -2.33. The van der Waals surface area contributed by atoms with Crippen LogP contribution in [0.1, 0.15) is 32.8 Å². The molecular formula is C29H36N6O7S. The minimum absolute atomic E-state index is 0.0136. The molecule has 43 heavy (non-hydrogen) atoms. The first kappa shape index (κ1) is 31.3. The Balaban J connectivity index is 1.81. The SMILES string of the molecule is COc1ccccc1Oc1c(NS(=O)(=O)c2ccc(C(C)(C)C)cc2)nc(N2CCN(C=O)CC2)nc1OCCC(N)=O. The van der Waals surface area contributed by atoms with E-state index in [1.165, 1.54) is 19.2 Å². The van der Waals surface area contributed by atoms with E-state index in [4.69, 9.17) is 19.9 Å². The van der Waals surface area contributed by atoms with Crippen LogP contribution in [0.3, 0.4) is 0 Å². The molecule has 2 heterocycles. The lowest BCUT2D eigenvalue weighted by Crippen LogP contribution is -2.46. The molecule has 13 nitrogen and oxygen atoms in total. The molecule has 14 heteroatoms. The van der Waals surface area contributed by atoms with Crippen molar-refractivity contribution in [2.24, 2.45) is 5.73 Å². The van der Waals surface area contributed by atoms with E-state index in [9.17, 15) is 18.0 Å². The summed E-state index contributed by atoms with van der Waals surface area (Å²) in [5.74, 6) is -0.279. The summed E-state index contributed by atoms with van der Waals surface area (Å²) in [6.07, 6.45) is 0.651. The van der Waals surface area contributed by atoms with E-state index >= 15 is 0 Å². The van der Waals surface area contributed by atoms with Gasteiger partial charge >= 0.3 is 0 Å². The van der Waals surface area contributed by atoms with Gasteiger partial charge in [-0.1, -0.05) is 45.0 Å². The number of aromatic nitrogens is 2. The van der Waals surface area contributed by atoms with Crippen LogP contribution >= 0.6 is 0 Å². The fraction of sp³-hybridized carbons (Fsp3) is 0.379. The van der Waals surface area contributed by atoms with Crippen LogP contribution in [0.4, 0.5) is 11.8 Å². The number of amides is 2. The third-order valence-corrected chi connectivity index (χ3v) is 8.05. The van der Waals surface area contributed by atoms with Crippen LogP contribution in [0, 0.1) is 0 Å². The van der Waals surface area contributed by atoms with Crippen LogP contribution in [0.2, 0.25) is 0 Å². The Labute approximate surface area is 251 Å². The molecule has 3 N–H and O–H groups in total. The number of piperazine rings is 1. The standard InChI is InChI=1S/C29H36N6O7S/c1-29(2,3)20-9-11-21(12-10-20)43(38,39)33-26-25(42-23-8-6-5-7-22(23)40-4)27(41-18-13-24(30)37)32-28(31-26)35-16-14-34(19-36)15-17-35/h5-12,19H,13-18H2,1-4H3,(H2,30,37)(H,31,32,33). The van der Waals surface area contributed by atoms with Crippen molar-refractivity contribution >= 4 is 34.1 Å². The molecule has 1 aliphatic heterocycles. The third-order valence-electron chi connectivity index (χ3n) is 6.70. The average Bonchev–Trinajstić information content (AvgIpc) is 2.98. The lowest BCUT2D eigenvalue weighted by molar-refractivity contribution is -0.119. The second-order valence-electron chi connectivity index (χ2n) is 10.8. The highest BCUT2D eigenvalue weighted by molar-refractivity contribution is 7.92. The number of anilines is 2. The summed E-state index contributed by atoms with van der Waals surface area (Å²) in [5, 5.41) is 0. The minimum Gasteiger partial charge on any atom is -0.493 e. The van der Waals surface area contributed by atoms with Gasteiger partial charge in [0.05, 0.1) is 25.0 Å². The number of primary amides is 1. The number of nitrogens with two attached hydrogens (primary N) is 1. The molecular weight excluding hydrogens is 576 g/mol. The summed E-state index contributed by atoms with van der Waals surface area (Å²) < 4.78 is 47.3.